The predicted molar refractivity (Wildman–Crippen MR) is 98.2 cm³/mol. The van der Waals surface area contributed by atoms with E-state index in [9.17, 15) is 4.79 Å². The molecule has 0 heterocycles. The van der Waals surface area contributed by atoms with E-state index in [2.05, 4.69) is 17.4 Å². The van der Waals surface area contributed by atoms with Gasteiger partial charge in [-0.1, -0.05) is 12.1 Å². The average molecular weight is 346 g/mol. The van der Waals surface area contributed by atoms with Gasteiger partial charge in [0.2, 0.25) is 5.91 Å². The molecule has 0 aliphatic heterocycles. The largest absolute Gasteiger partial charge is 0.497 e. The van der Waals surface area contributed by atoms with E-state index in [-0.39, 0.29) is 11.4 Å². The molecule has 24 heavy (non-hydrogen) atoms. The minimum absolute atomic E-state index is 0.145. The average Bonchev–Trinajstić information content (AvgIpc) is 2.53. The molecule has 0 unspecified atom stereocenters. The zero-order valence-electron chi connectivity index (χ0n) is 14.4. The minimum Gasteiger partial charge on any atom is -0.497 e. The first-order chi connectivity index (χ1) is 11.6. The first-order valence-electron chi connectivity index (χ1n) is 9.16. The third-order valence-corrected chi connectivity index (χ3v) is 7.11. The Morgan fingerprint density at radius 3 is 2.25 bits per heavy atom. The van der Waals surface area contributed by atoms with E-state index in [1.807, 2.05) is 12.1 Å². The van der Waals surface area contributed by atoms with Crippen molar-refractivity contribution in [2.24, 2.45) is 17.8 Å². The van der Waals surface area contributed by atoms with Crippen molar-refractivity contribution in [2.75, 3.05) is 12.9 Å². The van der Waals surface area contributed by atoms with Gasteiger partial charge >= 0.3 is 0 Å². The van der Waals surface area contributed by atoms with Crippen molar-refractivity contribution < 1.29 is 9.53 Å². The second kappa shape index (κ2) is 6.62. The molecule has 3 nitrogen and oxygen atoms in total. The van der Waals surface area contributed by atoms with E-state index >= 15 is 0 Å². The summed E-state index contributed by atoms with van der Waals surface area (Å²) >= 11 is 1.70. The van der Waals surface area contributed by atoms with Crippen LogP contribution in [0.3, 0.4) is 0 Å². The molecule has 4 fully saturated rings. The fraction of sp³-hybridized carbons (Fsp3) is 0.650. The lowest BCUT2D eigenvalue weighted by molar-refractivity contribution is -0.124. The Balaban J connectivity index is 1.26. The monoisotopic (exact) mass is 345 g/mol. The van der Waals surface area contributed by atoms with Crippen molar-refractivity contribution in [1.29, 1.82) is 0 Å². The minimum atomic E-state index is 0.145. The molecule has 0 atom stereocenters. The highest BCUT2D eigenvalue weighted by molar-refractivity contribution is 7.99. The van der Waals surface area contributed by atoms with Gasteiger partial charge in [-0.05, 0) is 74.0 Å². The summed E-state index contributed by atoms with van der Waals surface area (Å²) in [6.07, 6.45) is 7.94. The molecule has 1 amide bonds. The Kier molecular flexibility index (Phi) is 4.50. The normalized spacial score (nSPS) is 33.5. The summed E-state index contributed by atoms with van der Waals surface area (Å²) in [5.74, 6) is 5.18. The summed E-state index contributed by atoms with van der Waals surface area (Å²) in [7, 11) is 1.68. The molecule has 1 N–H and O–H groups in total. The lowest BCUT2D eigenvalue weighted by atomic mass is 9.53. The summed E-state index contributed by atoms with van der Waals surface area (Å²) in [6.45, 7) is 0. The van der Waals surface area contributed by atoms with Crippen molar-refractivity contribution >= 4 is 17.7 Å². The van der Waals surface area contributed by atoms with Gasteiger partial charge in [0, 0.05) is 11.3 Å². The summed E-state index contributed by atoms with van der Waals surface area (Å²) in [6, 6.07) is 8.10. The van der Waals surface area contributed by atoms with Crippen LogP contribution >= 0.6 is 11.8 Å². The van der Waals surface area contributed by atoms with Crippen molar-refractivity contribution in [1.82, 2.24) is 5.32 Å². The summed E-state index contributed by atoms with van der Waals surface area (Å²) in [5, 5.41) is 3.45. The molecule has 4 saturated carbocycles. The molecular weight excluding hydrogens is 318 g/mol. The van der Waals surface area contributed by atoms with Crippen LogP contribution in [-0.4, -0.2) is 24.3 Å². The fourth-order valence-corrected chi connectivity index (χ4v) is 6.37. The maximum absolute atomic E-state index is 12.5. The number of ether oxygens (including phenoxy) is 1. The Morgan fingerprint density at radius 2 is 1.71 bits per heavy atom. The van der Waals surface area contributed by atoms with Crippen LogP contribution < -0.4 is 10.1 Å². The number of hydrogen-bond donors (Lipinski definition) is 1. The van der Waals surface area contributed by atoms with Crippen LogP contribution in [0.1, 0.15) is 44.1 Å². The van der Waals surface area contributed by atoms with Gasteiger partial charge in [0.05, 0.1) is 12.9 Å². The zero-order chi connectivity index (χ0) is 16.6. The van der Waals surface area contributed by atoms with Gasteiger partial charge < -0.3 is 10.1 Å². The van der Waals surface area contributed by atoms with Gasteiger partial charge in [0.25, 0.3) is 0 Å². The number of benzene rings is 1. The van der Waals surface area contributed by atoms with Crippen molar-refractivity contribution in [3.05, 3.63) is 29.8 Å². The number of thioether (sulfide) groups is 1. The molecule has 1 aromatic rings. The number of carbonyl (C=O) groups excluding carboxylic acids is 1. The summed E-state index contributed by atoms with van der Waals surface area (Å²) < 4.78 is 5.18. The van der Waals surface area contributed by atoms with Crippen LogP contribution in [0.5, 0.6) is 5.75 Å². The molecular formula is C20H27NO2S. The topological polar surface area (TPSA) is 38.3 Å². The van der Waals surface area contributed by atoms with Crippen LogP contribution in [0.2, 0.25) is 0 Å². The zero-order valence-corrected chi connectivity index (χ0v) is 15.2. The van der Waals surface area contributed by atoms with E-state index in [0.717, 1.165) is 29.3 Å². The SMILES string of the molecule is COc1ccc(CSCC(=O)NC23CC4CC(CC(C4)C2)C3)cc1. The highest BCUT2D eigenvalue weighted by atomic mass is 32.2. The van der Waals surface area contributed by atoms with E-state index in [0.29, 0.717) is 5.75 Å². The van der Waals surface area contributed by atoms with Crippen LogP contribution in [-0.2, 0) is 10.5 Å². The molecule has 4 aliphatic carbocycles. The first-order valence-corrected chi connectivity index (χ1v) is 10.3. The Bertz CT molecular complexity index is 563. The van der Waals surface area contributed by atoms with Crippen molar-refractivity contribution in [3.8, 4) is 5.75 Å². The molecule has 0 aromatic heterocycles. The van der Waals surface area contributed by atoms with Gasteiger partial charge in [-0.25, -0.2) is 0 Å². The second-order valence-electron chi connectivity index (χ2n) is 8.09. The van der Waals surface area contributed by atoms with Gasteiger partial charge in [0.15, 0.2) is 0 Å². The lowest BCUT2D eigenvalue weighted by Crippen LogP contribution is -2.60. The predicted octanol–water partition coefficient (Wildman–Crippen LogP) is 4.01. The number of nitrogens with one attached hydrogen (secondary N) is 1. The van der Waals surface area contributed by atoms with E-state index in [4.69, 9.17) is 4.74 Å². The summed E-state index contributed by atoms with van der Waals surface area (Å²) in [4.78, 5) is 12.5. The quantitative estimate of drug-likeness (QED) is 0.846. The van der Waals surface area contributed by atoms with Crippen LogP contribution in [0, 0.1) is 17.8 Å². The maximum atomic E-state index is 12.5. The third-order valence-electron chi connectivity index (χ3n) is 6.10. The standard InChI is InChI=1S/C20H27NO2S/c1-23-18-4-2-14(3-5-18)12-24-13-19(22)21-20-9-15-6-16(10-20)8-17(7-15)11-20/h2-5,15-17H,6-13H2,1H3,(H,21,22). The van der Waals surface area contributed by atoms with Gasteiger partial charge in [-0.3, -0.25) is 4.79 Å². The molecule has 130 valence electrons. The molecule has 0 spiro atoms. The maximum Gasteiger partial charge on any atom is 0.230 e. The van der Waals surface area contributed by atoms with Gasteiger partial charge in [-0.15, -0.1) is 11.8 Å². The highest BCUT2D eigenvalue weighted by Crippen LogP contribution is 2.55. The number of methoxy groups -OCH3 is 1. The van der Waals surface area contributed by atoms with Crippen LogP contribution in [0.4, 0.5) is 0 Å². The van der Waals surface area contributed by atoms with Crippen LogP contribution in [0.25, 0.3) is 0 Å². The molecule has 4 heteroatoms. The number of amides is 1. The van der Waals surface area contributed by atoms with E-state index in [1.54, 1.807) is 18.9 Å². The molecule has 1 aromatic carbocycles. The molecule has 0 radical (unpaired) electrons. The highest BCUT2D eigenvalue weighted by Gasteiger charge is 2.51. The number of hydrogen-bond acceptors (Lipinski definition) is 3. The lowest BCUT2D eigenvalue weighted by Gasteiger charge is -2.56. The smallest absolute Gasteiger partial charge is 0.230 e. The van der Waals surface area contributed by atoms with Gasteiger partial charge in [-0.2, -0.15) is 0 Å². The van der Waals surface area contributed by atoms with Crippen molar-refractivity contribution in [2.45, 2.75) is 49.8 Å². The van der Waals surface area contributed by atoms with Crippen LogP contribution in [0.15, 0.2) is 24.3 Å². The van der Waals surface area contributed by atoms with E-state index in [1.165, 1.54) is 44.1 Å². The third kappa shape index (κ3) is 3.44. The molecule has 4 aliphatic rings. The Labute approximate surface area is 148 Å². The van der Waals surface area contributed by atoms with Crippen molar-refractivity contribution in [3.63, 3.8) is 0 Å². The fourth-order valence-electron chi connectivity index (χ4n) is 5.58. The second-order valence-corrected chi connectivity index (χ2v) is 9.07. The Hall–Kier alpha value is -1.16. The molecule has 0 saturated heterocycles. The number of rotatable bonds is 6. The molecule has 5 rings (SSSR count). The van der Waals surface area contributed by atoms with E-state index < -0.39 is 0 Å². The molecule has 4 bridgehead atoms. The van der Waals surface area contributed by atoms with Gasteiger partial charge in [0.1, 0.15) is 5.75 Å². The summed E-state index contributed by atoms with van der Waals surface area (Å²) in [5.41, 5.74) is 1.38. The first kappa shape index (κ1) is 16.3. The number of carbonyl (C=O) groups is 1. The Morgan fingerprint density at radius 1 is 1.12 bits per heavy atom.